The Morgan fingerprint density at radius 1 is 1.36 bits per heavy atom. The smallest absolute Gasteiger partial charge is 0.191 e. The molecule has 1 aromatic carbocycles. The molecular formula is C16H25ClIN3O. The molecular weight excluding hydrogens is 413 g/mol. The quantitative estimate of drug-likeness (QED) is 0.416. The highest BCUT2D eigenvalue weighted by atomic mass is 127. The lowest BCUT2D eigenvalue weighted by molar-refractivity contribution is 0.336. The van der Waals surface area contributed by atoms with Crippen molar-refractivity contribution in [3.63, 3.8) is 0 Å². The molecule has 6 heteroatoms. The molecule has 0 heterocycles. The molecule has 0 atom stereocenters. The van der Waals surface area contributed by atoms with Gasteiger partial charge >= 0.3 is 0 Å². The molecule has 0 bridgehead atoms. The van der Waals surface area contributed by atoms with Crippen molar-refractivity contribution in [2.45, 2.75) is 45.2 Å². The second-order valence-corrected chi connectivity index (χ2v) is 5.67. The maximum Gasteiger partial charge on any atom is 0.191 e. The summed E-state index contributed by atoms with van der Waals surface area (Å²) in [5, 5.41) is 7.51. The van der Waals surface area contributed by atoms with Gasteiger partial charge < -0.3 is 15.4 Å². The number of halogens is 2. The highest BCUT2D eigenvalue weighted by Gasteiger charge is 2.16. The summed E-state index contributed by atoms with van der Waals surface area (Å²) in [6, 6.07) is 6.28. The van der Waals surface area contributed by atoms with Gasteiger partial charge in [-0.25, -0.2) is 0 Å². The molecule has 2 N–H and O–H groups in total. The topological polar surface area (TPSA) is 45.6 Å². The first-order chi connectivity index (χ1) is 10.2. The van der Waals surface area contributed by atoms with Crippen molar-refractivity contribution in [1.29, 1.82) is 0 Å². The van der Waals surface area contributed by atoms with Crippen LogP contribution < -0.4 is 15.4 Å². The normalized spacial score (nSPS) is 15.3. The highest BCUT2D eigenvalue weighted by molar-refractivity contribution is 14.0. The Morgan fingerprint density at radius 2 is 2.09 bits per heavy atom. The van der Waals surface area contributed by atoms with Gasteiger partial charge in [-0.2, -0.15) is 0 Å². The summed E-state index contributed by atoms with van der Waals surface area (Å²) >= 11 is 6.02. The van der Waals surface area contributed by atoms with E-state index in [1.54, 1.807) is 7.05 Å². The van der Waals surface area contributed by atoms with Crippen molar-refractivity contribution in [2.75, 3.05) is 13.7 Å². The zero-order valence-electron chi connectivity index (χ0n) is 13.2. The lowest BCUT2D eigenvalue weighted by atomic mass is 10.2. The average molecular weight is 438 g/mol. The molecule has 1 aliphatic rings. The predicted octanol–water partition coefficient (Wildman–Crippen LogP) is 3.96. The van der Waals surface area contributed by atoms with Crippen LogP contribution in [0.25, 0.3) is 0 Å². The standard InChI is InChI=1S/C16H24ClN3O.HI/c1-3-21-15-10-13(17)9-8-12(15)11-19-16(18-2)20-14-6-4-5-7-14;/h8-10,14H,3-7,11H2,1-2H3,(H2,18,19,20);1H. The Labute approximate surface area is 155 Å². The maximum absolute atomic E-state index is 6.02. The third-order valence-corrected chi connectivity index (χ3v) is 3.93. The lowest BCUT2D eigenvalue weighted by Gasteiger charge is -2.18. The molecule has 0 amide bonds. The van der Waals surface area contributed by atoms with Crippen molar-refractivity contribution in [1.82, 2.24) is 10.6 Å². The van der Waals surface area contributed by atoms with E-state index in [0.717, 1.165) is 17.3 Å². The highest BCUT2D eigenvalue weighted by Crippen LogP contribution is 2.23. The van der Waals surface area contributed by atoms with Crippen molar-refractivity contribution in [3.8, 4) is 5.75 Å². The average Bonchev–Trinajstić information content (AvgIpc) is 2.98. The summed E-state index contributed by atoms with van der Waals surface area (Å²) in [5.74, 6) is 1.67. The Bertz CT molecular complexity index is 490. The third-order valence-electron chi connectivity index (χ3n) is 3.69. The molecule has 1 fully saturated rings. The Kier molecular flexibility index (Phi) is 8.93. The van der Waals surface area contributed by atoms with Gasteiger partial charge in [0.25, 0.3) is 0 Å². The molecule has 2 rings (SSSR count). The van der Waals surface area contributed by atoms with E-state index in [1.165, 1.54) is 25.7 Å². The van der Waals surface area contributed by atoms with Crippen molar-refractivity contribution in [3.05, 3.63) is 28.8 Å². The number of nitrogens with zero attached hydrogens (tertiary/aromatic N) is 1. The van der Waals surface area contributed by atoms with Crippen LogP contribution >= 0.6 is 35.6 Å². The molecule has 1 aromatic rings. The van der Waals surface area contributed by atoms with E-state index in [0.29, 0.717) is 24.2 Å². The van der Waals surface area contributed by atoms with Crippen LogP contribution in [0.1, 0.15) is 38.2 Å². The molecule has 0 unspecified atom stereocenters. The van der Waals surface area contributed by atoms with E-state index < -0.39 is 0 Å². The number of benzene rings is 1. The molecule has 22 heavy (non-hydrogen) atoms. The van der Waals surface area contributed by atoms with Crippen molar-refractivity contribution in [2.24, 2.45) is 4.99 Å². The second kappa shape index (κ2) is 10.2. The molecule has 1 saturated carbocycles. The summed E-state index contributed by atoms with van der Waals surface area (Å²) in [6.45, 7) is 3.26. The first-order valence-electron chi connectivity index (χ1n) is 7.61. The van der Waals surface area contributed by atoms with Crippen LogP contribution in [0.3, 0.4) is 0 Å². The SMILES string of the molecule is CCOc1cc(Cl)ccc1CNC(=NC)NC1CCCC1.I. The van der Waals surface area contributed by atoms with Gasteiger partial charge in [0.2, 0.25) is 0 Å². The maximum atomic E-state index is 6.02. The zero-order valence-corrected chi connectivity index (χ0v) is 16.3. The van der Waals surface area contributed by atoms with E-state index in [-0.39, 0.29) is 24.0 Å². The summed E-state index contributed by atoms with van der Waals surface area (Å²) in [5.41, 5.74) is 1.08. The number of guanidine groups is 1. The summed E-state index contributed by atoms with van der Waals surface area (Å²) in [7, 11) is 1.80. The minimum atomic E-state index is 0. The first-order valence-corrected chi connectivity index (χ1v) is 7.99. The predicted molar refractivity (Wildman–Crippen MR) is 104 cm³/mol. The fourth-order valence-electron chi connectivity index (χ4n) is 2.60. The van der Waals surface area contributed by atoms with Crippen LogP contribution in [0.4, 0.5) is 0 Å². The van der Waals surface area contributed by atoms with E-state index >= 15 is 0 Å². The summed E-state index contributed by atoms with van der Waals surface area (Å²) < 4.78 is 5.63. The Balaban J connectivity index is 0.00000242. The lowest BCUT2D eigenvalue weighted by Crippen LogP contribution is -2.41. The van der Waals surface area contributed by atoms with Gasteiger partial charge in [0.1, 0.15) is 5.75 Å². The van der Waals surface area contributed by atoms with Gasteiger partial charge in [0.05, 0.1) is 6.61 Å². The van der Waals surface area contributed by atoms with E-state index in [2.05, 4.69) is 15.6 Å². The summed E-state index contributed by atoms with van der Waals surface area (Å²) in [6.07, 6.45) is 5.07. The summed E-state index contributed by atoms with van der Waals surface area (Å²) in [4.78, 5) is 4.29. The molecule has 0 saturated heterocycles. The van der Waals surface area contributed by atoms with Crippen molar-refractivity contribution >= 4 is 41.5 Å². The molecule has 0 aliphatic heterocycles. The number of aliphatic imine (C=N–C) groups is 1. The molecule has 124 valence electrons. The largest absolute Gasteiger partial charge is 0.493 e. The molecule has 1 aliphatic carbocycles. The minimum Gasteiger partial charge on any atom is -0.493 e. The Morgan fingerprint density at radius 3 is 2.73 bits per heavy atom. The van der Waals surface area contributed by atoms with E-state index in [9.17, 15) is 0 Å². The van der Waals surface area contributed by atoms with Gasteiger partial charge in [-0.3, -0.25) is 4.99 Å². The van der Waals surface area contributed by atoms with Crippen LogP contribution in [0.5, 0.6) is 5.75 Å². The van der Waals surface area contributed by atoms with Crippen LogP contribution in [-0.2, 0) is 6.54 Å². The van der Waals surface area contributed by atoms with Gasteiger partial charge in [0, 0.05) is 30.2 Å². The molecule has 0 aromatic heterocycles. The van der Waals surface area contributed by atoms with Crippen LogP contribution in [0, 0.1) is 0 Å². The van der Waals surface area contributed by atoms with Gasteiger partial charge in [-0.05, 0) is 31.9 Å². The van der Waals surface area contributed by atoms with E-state index in [1.807, 2.05) is 25.1 Å². The van der Waals surface area contributed by atoms with Crippen LogP contribution in [-0.4, -0.2) is 25.7 Å². The minimum absolute atomic E-state index is 0. The number of rotatable bonds is 5. The van der Waals surface area contributed by atoms with Gasteiger partial charge in [-0.15, -0.1) is 24.0 Å². The number of hydrogen-bond acceptors (Lipinski definition) is 2. The van der Waals surface area contributed by atoms with Gasteiger partial charge in [0.15, 0.2) is 5.96 Å². The van der Waals surface area contributed by atoms with E-state index in [4.69, 9.17) is 16.3 Å². The number of nitrogens with one attached hydrogen (secondary N) is 2. The molecule has 0 radical (unpaired) electrons. The fraction of sp³-hybridized carbons (Fsp3) is 0.562. The zero-order chi connectivity index (χ0) is 15.1. The first kappa shape index (κ1) is 19.4. The second-order valence-electron chi connectivity index (χ2n) is 5.24. The molecule has 4 nitrogen and oxygen atoms in total. The van der Waals surface area contributed by atoms with Gasteiger partial charge in [-0.1, -0.05) is 30.5 Å². The van der Waals surface area contributed by atoms with Crippen molar-refractivity contribution < 1.29 is 4.74 Å². The third kappa shape index (κ3) is 5.83. The number of hydrogen-bond donors (Lipinski definition) is 2. The monoisotopic (exact) mass is 437 g/mol. The molecule has 0 spiro atoms. The number of ether oxygens (including phenoxy) is 1. The fourth-order valence-corrected chi connectivity index (χ4v) is 2.76. The van der Waals surface area contributed by atoms with Crippen LogP contribution in [0.2, 0.25) is 5.02 Å². The Hall–Kier alpha value is -0.690. The van der Waals surface area contributed by atoms with Crippen LogP contribution in [0.15, 0.2) is 23.2 Å².